The Balaban J connectivity index is 2.29. The fourth-order valence-corrected chi connectivity index (χ4v) is 1.28. The largest absolute Gasteiger partial charge is 0.389 e. The second-order valence-electron chi connectivity index (χ2n) is 3.74. The molecule has 7 nitrogen and oxygen atoms in total. The molecule has 1 aromatic heterocycles. The Morgan fingerprint density at radius 2 is 2.47 bits per heavy atom. The third kappa shape index (κ3) is 4.92. The Kier molecular flexibility index (Phi) is 5.58. The molecule has 1 rings (SSSR count). The predicted molar refractivity (Wildman–Crippen MR) is 60.6 cm³/mol. The quantitative estimate of drug-likeness (QED) is 0.417. The maximum Gasteiger partial charge on any atom is 0.389 e. The molecule has 1 N–H and O–H groups in total. The molecular formula is C10H17N3O4. The number of nitrogens with zero attached hydrogens (tertiary/aromatic N) is 3. The lowest BCUT2D eigenvalue weighted by Crippen LogP contribution is -2.22. The molecule has 0 saturated carbocycles. The molecular weight excluding hydrogens is 226 g/mol. The van der Waals surface area contributed by atoms with Crippen LogP contribution >= 0.6 is 0 Å². The van der Waals surface area contributed by atoms with Crippen LogP contribution in [-0.2, 0) is 11.3 Å². The van der Waals surface area contributed by atoms with Crippen molar-refractivity contribution in [2.75, 3.05) is 13.2 Å². The van der Waals surface area contributed by atoms with Crippen LogP contribution in [0.3, 0.4) is 0 Å². The summed E-state index contributed by atoms with van der Waals surface area (Å²) >= 11 is 0. The fraction of sp³-hybridized carbons (Fsp3) is 0.700. The van der Waals surface area contributed by atoms with Crippen LogP contribution in [0.4, 0.5) is 5.82 Å². The minimum atomic E-state index is -0.702. The lowest BCUT2D eigenvalue weighted by molar-refractivity contribution is -0.389. The van der Waals surface area contributed by atoms with E-state index in [0.29, 0.717) is 6.61 Å². The number of ether oxygens (including phenoxy) is 1. The molecule has 0 fully saturated rings. The molecule has 0 aliphatic heterocycles. The summed E-state index contributed by atoms with van der Waals surface area (Å²) in [5, 5.41) is 23.7. The van der Waals surface area contributed by atoms with Crippen molar-refractivity contribution in [2.45, 2.75) is 32.4 Å². The van der Waals surface area contributed by atoms with E-state index in [4.69, 9.17) is 4.74 Å². The van der Waals surface area contributed by atoms with Gasteiger partial charge in [0.1, 0.15) is 0 Å². The zero-order chi connectivity index (χ0) is 12.7. The summed E-state index contributed by atoms with van der Waals surface area (Å²) in [6, 6.07) is 1.30. The Hall–Kier alpha value is -1.47. The minimum Gasteiger partial charge on any atom is -0.389 e. The van der Waals surface area contributed by atoms with Gasteiger partial charge in [0.15, 0.2) is 0 Å². The SMILES string of the molecule is CCCCOCC(O)Cn1ccc([N+](=O)[O-])n1. The molecule has 0 amide bonds. The summed E-state index contributed by atoms with van der Waals surface area (Å²) in [7, 11) is 0. The summed E-state index contributed by atoms with van der Waals surface area (Å²) in [6.07, 6.45) is 2.76. The van der Waals surface area contributed by atoms with Crippen molar-refractivity contribution in [1.82, 2.24) is 9.78 Å². The third-order valence-electron chi connectivity index (χ3n) is 2.16. The number of hydrogen-bond donors (Lipinski definition) is 1. The van der Waals surface area contributed by atoms with Crippen molar-refractivity contribution >= 4 is 5.82 Å². The fourth-order valence-electron chi connectivity index (χ4n) is 1.28. The Bertz CT molecular complexity index is 353. The van der Waals surface area contributed by atoms with Crippen LogP contribution in [0.1, 0.15) is 19.8 Å². The molecule has 0 spiro atoms. The smallest absolute Gasteiger partial charge is 0.389 e. The van der Waals surface area contributed by atoms with Gasteiger partial charge in [-0.1, -0.05) is 13.3 Å². The summed E-state index contributed by atoms with van der Waals surface area (Å²) in [6.45, 7) is 3.09. The van der Waals surface area contributed by atoms with Crippen LogP contribution in [-0.4, -0.2) is 39.1 Å². The average molecular weight is 243 g/mol. The van der Waals surface area contributed by atoms with E-state index in [2.05, 4.69) is 12.0 Å². The van der Waals surface area contributed by atoms with Crippen molar-refractivity contribution in [3.05, 3.63) is 22.4 Å². The van der Waals surface area contributed by atoms with Gasteiger partial charge in [0.2, 0.25) is 0 Å². The second-order valence-corrected chi connectivity index (χ2v) is 3.74. The zero-order valence-corrected chi connectivity index (χ0v) is 9.78. The molecule has 0 bridgehead atoms. The second kappa shape index (κ2) is 6.97. The number of hydrogen-bond acceptors (Lipinski definition) is 5. The van der Waals surface area contributed by atoms with E-state index in [1.165, 1.54) is 16.9 Å². The van der Waals surface area contributed by atoms with Crippen LogP contribution in [0, 0.1) is 10.1 Å². The standard InChI is InChI=1S/C10H17N3O4/c1-2-3-6-17-8-9(14)7-12-5-4-10(11-12)13(15)16/h4-5,9,14H,2-3,6-8H2,1H3. The molecule has 17 heavy (non-hydrogen) atoms. The lowest BCUT2D eigenvalue weighted by Gasteiger charge is -2.09. The lowest BCUT2D eigenvalue weighted by atomic mass is 10.3. The van der Waals surface area contributed by atoms with Gasteiger partial charge in [-0.15, -0.1) is 0 Å². The first-order valence-corrected chi connectivity index (χ1v) is 5.57. The molecule has 1 heterocycles. The van der Waals surface area contributed by atoms with Crippen molar-refractivity contribution in [3.8, 4) is 0 Å². The van der Waals surface area contributed by atoms with E-state index in [-0.39, 0.29) is 19.0 Å². The van der Waals surface area contributed by atoms with E-state index < -0.39 is 11.0 Å². The van der Waals surface area contributed by atoms with Gasteiger partial charge in [-0.25, -0.2) is 0 Å². The predicted octanol–water partition coefficient (Wildman–Crippen LogP) is 0.969. The van der Waals surface area contributed by atoms with Gasteiger partial charge < -0.3 is 20.0 Å². The third-order valence-corrected chi connectivity index (χ3v) is 2.16. The van der Waals surface area contributed by atoms with E-state index in [9.17, 15) is 15.2 Å². The van der Waals surface area contributed by atoms with Gasteiger partial charge in [0, 0.05) is 6.61 Å². The van der Waals surface area contributed by atoms with Gasteiger partial charge in [0.05, 0.1) is 36.6 Å². The minimum absolute atomic E-state index is 0.194. The highest BCUT2D eigenvalue weighted by atomic mass is 16.6. The van der Waals surface area contributed by atoms with Crippen LogP contribution in [0.15, 0.2) is 12.3 Å². The number of rotatable bonds is 8. The topological polar surface area (TPSA) is 90.4 Å². The zero-order valence-electron chi connectivity index (χ0n) is 9.78. The van der Waals surface area contributed by atoms with Crippen LogP contribution in [0.5, 0.6) is 0 Å². The van der Waals surface area contributed by atoms with Crippen molar-refractivity contribution in [1.29, 1.82) is 0 Å². The first kappa shape index (κ1) is 13.6. The molecule has 0 aromatic carbocycles. The Morgan fingerprint density at radius 3 is 3.06 bits per heavy atom. The highest BCUT2D eigenvalue weighted by molar-refractivity contribution is 5.13. The van der Waals surface area contributed by atoms with Crippen molar-refractivity contribution < 1.29 is 14.8 Å². The summed E-state index contributed by atoms with van der Waals surface area (Å²) in [5.74, 6) is -0.218. The van der Waals surface area contributed by atoms with Crippen molar-refractivity contribution in [2.24, 2.45) is 0 Å². The van der Waals surface area contributed by atoms with E-state index in [1.807, 2.05) is 0 Å². The van der Waals surface area contributed by atoms with E-state index in [1.54, 1.807) is 0 Å². The molecule has 96 valence electrons. The molecule has 1 unspecified atom stereocenters. The van der Waals surface area contributed by atoms with Crippen molar-refractivity contribution in [3.63, 3.8) is 0 Å². The summed E-state index contributed by atoms with van der Waals surface area (Å²) in [5.41, 5.74) is 0. The molecule has 0 saturated heterocycles. The molecule has 7 heteroatoms. The van der Waals surface area contributed by atoms with E-state index >= 15 is 0 Å². The van der Waals surface area contributed by atoms with Crippen LogP contribution in [0.2, 0.25) is 0 Å². The molecule has 0 aliphatic rings. The molecule has 1 aromatic rings. The molecule has 0 radical (unpaired) electrons. The van der Waals surface area contributed by atoms with Gasteiger partial charge in [-0.05, 0) is 11.3 Å². The maximum absolute atomic E-state index is 10.4. The molecule has 0 aliphatic carbocycles. The first-order chi connectivity index (χ1) is 8.13. The normalized spacial score (nSPS) is 12.6. The number of aromatic nitrogens is 2. The van der Waals surface area contributed by atoms with Gasteiger partial charge in [-0.2, -0.15) is 4.68 Å². The number of aliphatic hydroxyl groups excluding tert-OH is 1. The summed E-state index contributed by atoms with van der Waals surface area (Å²) < 4.78 is 6.58. The van der Waals surface area contributed by atoms with Gasteiger partial charge >= 0.3 is 5.82 Å². The van der Waals surface area contributed by atoms with Crippen LogP contribution in [0.25, 0.3) is 0 Å². The summed E-state index contributed by atoms with van der Waals surface area (Å²) in [4.78, 5) is 9.82. The Labute approximate surface area is 99.2 Å². The Morgan fingerprint density at radius 1 is 1.71 bits per heavy atom. The van der Waals surface area contributed by atoms with Gasteiger partial charge in [-0.3, -0.25) is 0 Å². The average Bonchev–Trinajstić information content (AvgIpc) is 2.73. The highest BCUT2D eigenvalue weighted by Gasteiger charge is 2.13. The highest BCUT2D eigenvalue weighted by Crippen LogP contribution is 2.05. The van der Waals surface area contributed by atoms with E-state index in [0.717, 1.165) is 12.8 Å². The monoisotopic (exact) mass is 243 g/mol. The first-order valence-electron chi connectivity index (χ1n) is 5.57. The van der Waals surface area contributed by atoms with Gasteiger partial charge in [0.25, 0.3) is 0 Å². The maximum atomic E-state index is 10.4. The number of nitro groups is 1. The number of aliphatic hydroxyl groups is 1. The van der Waals surface area contributed by atoms with Crippen LogP contribution < -0.4 is 0 Å². The molecule has 1 atom stereocenters. The number of unbranched alkanes of at least 4 members (excludes halogenated alkanes) is 1.